The average molecular weight is 178 g/mol. The highest BCUT2D eigenvalue weighted by molar-refractivity contribution is 7.56. The van der Waals surface area contributed by atoms with E-state index in [-0.39, 0.29) is 13.6 Å². The molecule has 0 aliphatic heterocycles. The molecule has 0 aliphatic rings. The van der Waals surface area contributed by atoms with Gasteiger partial charge in [-0.2, -0.15) is 0 Å². The van der Waals surface area contributed by atoms with Crippen LogP contribution in [0.15, 0.2) is 0 Å². The third-order valence-electron chi connectivity index (χ3n) is 1.51. The molecule has 11 heavy (non-hydrogen) atoms. The van der Waals surface area contributed by atoms with E-state index in [4.69, 9.17) is 0 Å². The quantitative estimate of drug-likeness (QED) is 0.398. The molecule has 0 aromatic rings. The predicted molar refractivity (Wildman–Crippen MR) is 46.0 cm³/mol. The van der Waals surface area contributed by atoms with E-state index in [9.17, 15) is 9.90 Å². The van der Waals surface area contributed by atoms with Gasteiger partial charge in [0.2, 0.25) is 6.29 Å². The number of aliphatic hydroxyl groups is 1. The lowest BCUT2D eigenvalue weighted by Gasteiger charge is -2.21. The Kier molecular flexibility index (Phi) is 4.62. The first-order valence-corrected chi connectivity index (χ1v) is 5.77. The van der Waals surface area contributed by atoms with Gasteiger partial charge in [-0.1, -0.05) is 6.92 Å². The summed E-state index contributed by atoms with van der Waals surface area (Å²) in [6.07, 6.45) is -0.936. The Morgan fingerprint density at radius 3 is 2.27 bits per heavy atom. The molecule has 0 amide bonds. The van der Waals surface area contributed by atoms with Gasteiger partial charge in [-0.15, -0.1) is 7.92 Å². The minimum absolute atomic E-state index is 0.0499. The molecule has 0 heterocycles. The Bertz CT molecular complexity index is 136. The van der Waals surface area contributed by atoms with Crippen LogP contribution in [-0.4, -0.2) is 36.4 Å². The van der Waals surface area contributed by atoms with Crippen molar-refractivity contribution in [2.75, 3.05) is 13.3 Å². The second-order valence-electron chi connectivity index (χ2n) is 2.70. The van der Waals surface area contributed by atoms with E-state index in [2.05, 4.69) is 4.74 Å². The number of carbonyl (C=O) groups is 1. The molecule has 0 bridgehead atoms. The van der Waals surface area contributed by atoms with Gasteiger partial charge in [0.1, 0.15) is 0 Å². The molecule has 0 saturated carbocycles. The molecule has 0 rings (SSSR count). The number of carbonyl (C=O) groups excluding carboxylic acids is 1. The lowest BCUT2D eigenvalue weighted by atomic mass is 10.5. The molecule has 3 nitrogen and oxygen atoms in total. The van der Waals surface area contributed by atoms with Gasteiger partial charge >= 0.3 is 5.97 Å². The maximum atomic E-state index is 10.4. The fourth-order valence-electron chi connectivity index (χ4n) is 0.524. The normalized spacial score (nSPS) is 16.2. The molecule has 0 spiro atoms. The predicted octanol–water partition coefficient (Wildman–Crippen LogP) is 0.998. The highest BCUT2D eigenvalue weighted by atomic mass is 31.1. The zero-order valence-corrected chi connectivity index (χ0v) is 8.26. The Hall–Kier alpha value is -0.140. The third kappa shape index (κ3) is 4.33. The highest BCUT2D eigenvalue weighted by Crippen LogP contribution is 2.34. The minimum Gasteiger partial charge on any atom is -0.435 e. The Morgan fingerprint density at radius 2 is 2.00 bits per heavy atom. The van der Waals surface area contributed by atoms with Crippen LogP contribution in [-0.2, 0) is 9.53 Å². The van der Waals surface area contributed by atoms with E-state index in [0.717, 1.165) is 0 Å². The summed E-state index contributed by atoms with van der Waals surface area (Å²) < 4.78 is 4.61. The topological polar surface area (TPSA) is 46.5 Å². The van der Waals surface area contributed by atoms with Crippen molar-refractivity contribution >= 4 is 13.9 Å². The van der Waals surface area contributed by atoms with Crippen LogP contribution in [0.4, 0.5) is 0 Å². The largest absolute Gasteiger partial charge is 0.435 e. The van der Waals surface area contributed by atoms with Crippen molar-refractivity contribution in [1.82, 2.24) is 0 Å². The van der Waals surface area contributed by atoms with Gasteiger partial charge in [-0.05, 0) is 13.3 Å². The lowest BCUT2D eigenvalue weighted by Crippen LogP contribution is -2.26. The van der Waals surface area contributed by atoms with Gasteiger partial charge in [0.25, 0.3) is 0 Å². The lowest BCUT2D eigenvalue weighted by molar-refractivity contribution is -0.164. The van der Waals surface area contributed by atoms with Crippen LogP contribution in [0, 0.1) is 0 Å². The monoisotopic (exact) mass is 178 g/mol. The summed E-state index contributed by atoms with van der Waals surface area (Å²) in [6, 6.07) is 0. The Balaban J connectivity index is 3.82. The van der Waals surface area contributed by atoms with Crippen LogP contribution in [0.1, 0.15) is 13.8 Å². The van der Waals surface area contributed by atoms with E-state index < -0.39 is 12.3 Å². The van der Waals surface area contributed by atoms with Gasteiger partial charge < -0.3 is 9.84 Å². The first-order valence-electron chi connectivity index (χ1n) is 3.47. The van der Waals surface area contributed by atoms with Gasteiger partial charge in [0.15, 0.2) is 0 Å². The zero-order valence-electron chi connectivity index (χ0n) is 7.37. The molecule has 0 fully saturated rings. The second-order valence-corrected chi connectivity index (χ2v) is 5.45. The highest BCUT2D eigenvalue weighted by Gasteiger charge is 2.19. The van der Waals surface area contributed by atoms with Crippen LogP contribution >= 0.6 is 7.92 Å². The molecule has 2 atom stereocenters. The van der Waals surface area contributed by atoms with Gasteiger partial charge in [-0.25, -0.2) is 0 Å². The van der Waals surface area contributed by atoms with E-state index >= 15 is 0 Å². The summed E-state index contributed by atoms with van der Waals surface area (Å²) in [7, 11) is -0.259. The Labute approximate surface area is 68.5 Å². The summed E-state index contributed by atoms with van der Waals surface area (Å²) in [5, 5.41) is 9.23. The van der Waals surface area contributed by atoms with Crippen molar-refractivity contribution in [2.45, 2.75) is 25.8 Å². The third-order valence-corrected chi connectivity index (χ3v) is 3.40. The number of hydrogen-bond acceptors (Lipinski definition) is 3. The Morgan fingerprint density at radius 1 is 1.55 bits per heavy atom. The van der Waals surface area contributed by atoms with Gasteiger partial charge in [0, 0.05) is 12.6 Å². The molecule has 0 aromatic carbocycles. The molecule has 2 unspecified atom stereocenters. The number of esters is 1. The molecule has 66 valence electrons. The number of ether oxygens (including phenoxy) is 1. The fourth-order valence-corrected chi connectivity index (χ4v) is 1.09. The van der Waals surface area contributed by atoms with E-state index in [1.54, 1.807) is 0 Å². The molecule has 1 N–H and O–H groups in total. The molecule has 4 heteroatoms. The van der Waals surface area contributed by atoms with Crippen LogP contribution in [0.25, 0.3) is 0 Å². The van der Waals surface area contributed by atoms with Crippen molar-refractivity contribution in [3.8, 4) is 0 Å². The van der Waals surface area contributed by atoms with Crippen LogP contribution in [0.5, 0.6) is 0 Å². The summed E-state index contributed by atoms with van der Waals surface area (Å²) in [5.41, 5.74) is 0.0499. The standard InChI is InChI=1S/C7H15O3P/c1-5(11(3)4)7(9)10-6(2)8/h5,7,9H,1-4H3. The molecule has 0 aromatic heterocycles. The fraction of sp³-hybridized carbons (Fsp3) is 0.857. The van der Waals surface area contributed by atoms with Crippen LogP contribution < -0.4 is 0 Å². The molecule has 0 saturated heterocycles. The first-order chi connectivity index (χ1) is 4.95. The first kappa shape index (κ1) is 10.9. The molecule has 0 aliphatic carbocycles. The summed E-state index contributed by atoms with van der Waals surface area (Å²) in [5.74, 6) is -0.429. The number of rotatable bonds is 3. The number of hydrogen-bond donors (Lipinski definition) is 1. The molecule has 0 radical (unpaired) electrons. The smallest absolute Gasteiger partial charge is 0.304 e. The van der Waals surface area contributed by atoms with Crippen molar-refractivity contribution in [1.29, 1.82) is 0 Å². The average Bonchev–Trinajstić information content (AvgIpc) is 1.84. The van der Waals surface area contributed by atoms with Gasteiger partial charge in [0.05, 0.1) is 0 Å². The molecular formula is C7H15O3P. The second kappa shape index (κ2) is 4.68. The van der Waals surface area contributed by atoms with Crippen molar-refractivity contribution in [3.63, 3.8) is 0 Å². The van der Waals surface area contributed by atoms with Crippen LogP contribution in [0.2, 0.25) is 0 Å². The van der Waals surface area contributed by atoms with Crippen molar-refractivity contribution < 1.29 is 14.6 Å². The maximum absolute atomic E-state index is 10.4. The minimum atomic E-state index is -0.936. The molecular weight excluding hydrogens is 163 g/mol. The summed E-state index contributed by atoms with van der Waals surface area (Å²) in [4.78, 5) is 10.4. The van der Waals surface area contributed by atoms with E-state index in [1.165, 1.54) is 6.92 Å². The maximum Gasteiger partial charge on any atom is 0.304 e. The van der Waals surface area contributed by atoms with Gasteiger partial charge in [-0.3, -0.25) is 4.79 Å². The van der Waals surface area contributed by atoms with Crippen molar-refractivity contribution in [3.05, 3.63) is 0 Å². The summed E-state index contributed by atoms with van der Waals surface area (Å²) in [6.45, 7) is 7.24. The van der Waals surface area contributed by atoms with Crippen LogP contribution in [0.3, 0.4) is 0 Å². The van der Waals surface area contributed by atoms with Crippen molar-refractivity contribution in [2.24, 2.45) is 0 Å². The number of aliphatic hydroxyl groups excluding tert-OH is 1. The SMILES string of the molecule is CC(=O)OC(O)C(C)P(C)C. The summed E-state index contributed by atoms with van der Waals surface area (Å²) >= 11 is 0. The van der Waals surface area contributed by atoms with E-state index in [0.29, 0.717) is 0 Å². The zero-order chi connectivity index (χ0) is 9.02. The van der Waals surface area contributed by atoms with E-state index in [1.807, 2.05) is 20.3 Å².